The van der Waals surface area contributed by atoms with Crippen molar-refractivity contribution in [2.75, 3.05) is 12.3 Å². The largest absolute Gasteiger partial charge is 0.330 e. The van der Waals surface area contributed by atoms with Crippen LogP contribution < -0.4 is 5.73 Å². The Morgan fingerprint density at radius 2 is 2.25 bits per heavy atom. The Hall–Kier alpha value is -1.37. The lowest BCUT2D eigenvalue weighted by atomic mass is 10.1. The molecule has 0 unspecified atom stereocenters. The summed E-state index contributed by atoms with van der Waals surface area (Å²) in [6, 6.07) is 5.95. The highest BCUT2D eigenvalue weighted by Crippen LogP contribution is 2.25. The molecule has 1 aliphatic rings. The molecule has 7 heteroatoms. The van der Waals surface area contributed by atoms with Crippen molar-refractivity contribution < 1.29 is 0 Å². The number of aromatic nitrogens is 3. The third kappa shape index (κ3) is 2.46. The van der Waals surface area contributed by atoms with Crippen LogP contribution in [0.4, 0.5) is 0 Å². The fraction of sp³-hybridized carbons (Fsp3) is 0.308. The molecule has 1 aromatic heterocycles. The van der Waals surface area contributed by atoms with Gasteiger partial charge in [-0.2, -0.15) is 9.78 Å². The zero-order valence-corrected chi connectivity index (χ0v) is 12.6. The summed E-state index contributed by atoms with van der Waals surface area (Å²) in [5.74, 6) is 1.58. The van der Waals surface area contributed by atoms with Gasteiger partial charge in [0.25, 0.3) is 0 Å². The lowest BCUT2D eigenvalue weighted by molar-refractivity contribution is 0.702. The Morgan fingerprint density at radius 3 is 3.00 bits per heavy atom. The quantitative estimate of drug-likeness (QED) is 0.943. The molecule has 0 saturated carbocycles. The van der Waals surface area contributed by atoms with Gasteiger partial charge >= 0.3 is 0 Å². The SMILES string of the molecule is Cc1cc(C2=Nn3c(CCN)nnc3SC2)ccc1Cl. The third-order valence-electron chi connectivity index (χ3n) is 3.09. The third-order valence-corrected chi connectivity index (χ3v) is 4.45. The van der Waals surface area contributed by atoms with Crippen molar-refractivity contribution in [2.24, 2.45) is 10.8 Å². The number of nitrogens with two attached hydrogens (primary N) is 1. The molecule has 2 N–H and O–H groups in total. The van der Waals surface area contributed by atoms with E-state index in [4.69, 9.17) is 17.3 Å². The maximum atomic E-state index is 6.07. The number of halogens is 1. The molecular formula is C13H14ClN5S. The van der Waals surface area contributed by atoms with Gasteiger partial charge in [-0.05, 0) is 36.7 Å². The Bertz CT molecular complexity index is 679. The summed E-state index contributed by atoms with van der Waals surface area (Å²) < 4.78 is 1.79. The first-order chi connectivity index (χ1) is 9.69. The van der Waals surface area contributed by atoms with Gasteiger partial charge in [0.05, 0.1) is 5.71 Å². The molecule has 0 bridgehead atoms. The molecule has 20 heavy (non-hydrogen) atoms. The van der Waals surface area contributed by atoms with Crippen LogP contribution in [0.1, 0.15) is 17.0 Å². The molecule has 104 valence electrons. The Labute approximate surface area is 126 Å². The van der Waals surface area contributed by atoms with Gasteiger partial charge in [-0.15, -0.1) is 10.2 Å². The van der Waals surface area contributed by atoms with Crippen molar-refractivity contribution in [3.63, 3.8) is 0 Å². The van der Waals surface area contributed by atoms with E-state index in [2.05, 4.69) is 21.4 Å². The van der Waals surface area contributed by atoms with Gasteiger partial charge in [0, 0.05) is 17.2 Å². The second-order valence-electron chi connectivity index (χ2n) is 4.55. The molecule has 2 heterocycles. The predicted molar refractivity (Wildman–Crippen MR) is 81.6 cm³/mol. The minimum Gasteiger partial charge on any atom is -0.330 e. The van der Waals surface area contributed by atoms with Crippen LogP contribution in [0.5, 0.6) is 0 Å². The van der Waals surface area contributed by atoms with Crippen LogP contribution in [-0.2, 0) is 6.42 Å². The molecule has 0 amide bonds. The van der Waals surface area contributed by atoms with Gasteiger partial charge in [-0.1, -0.05) is 29.4 Å². The average Bonchev–Trinajstić information content (AvgIpc) is 2.85. The van der Waals surface area contributed by atoms with Crippen molar-refractivity contribution in [2.45, 2.75) is 18.5 Å². The monoisotopic (exact) mass is 307 g/mol. The van der Waals surface area contributed by atoms with E-state index >= 15 is 0 Å². The number of fused-ring (bicyclic) bond motifs is 1. The van der Waals surface area contributed by atoms with Crippen LogP contribution in [0, 0.1) is 6.92 Å². The van der Waals surface area contributed by atoms with E-state index in [1.165, 1.54) is 0 Å². The van der Waals surface area contributed by atoms with E-state index in [9.17, 15) is 0 Å². The van der Waals surface area contributed by atoms with Crippen molar-refractivity contribution in [3.05, 3.63) is 40.2 Å². The van der Waals surface area contributed by atoms with Crippen LogP contribution in [0.2, 0.25) is 5.02 Å². The van der Waals surface area contributed by atoms with Crippen molar-refractivity contribution >= 4 is 29.1 Å². The summed E-state index contributed by atoms with van der Waals surface area (Å²) in [5.41, 5.74) is 8.72. The average molecular weight is 308 g/mol. The summed E-state index contributed by atoms with van der Waals surface area (Å²) in [5, 5.41) is 14.5. The number of rotatable bonds is 3. The normalized spacial score (nSPS) is 14.1. The predicted octanol–water partition coefficient (Wildman–Crippen LogP) is 2.10. The zero-order valence-electron chi connectivity index (χ0n) is 11.0. The highest BCUT2D eigenvalue weighted by molar-refractivity contribution is 7.99. The van der Waals surface area contributed by atoms with Gasteiger partial charge in [0.2, 0.25) is 5.16 Å². The molecular weight excluding hydrogens is 294 g/mol. The van der Waals surface area contributed by atoms with Gasteiger partial charge in [0.15, 0.2) is 5.82 Å². The van der Waals surface area contributed by atoms with Crippen LogP contribution in [0.15, 0.2) is 28.5 Å². The van der Waals surface area contributed by atoms with Gasteiger partial charge in [0.1, 0.15) is 0 Å². The Balaban J connectivity index is 2.00. The molecule has 0 radical (unpaired) electrons. The van der Waals surface area contributed by atoms with E-state index in [1.54, 1.807) is 16.4 Å². The number of hydrogen-bond acceptors (Lipinski definition) is 5. The molecule has 1 aliphatic heterocycles. The van der Waals surface area contributed by atoms with Crippen molar-refractivity contribution in [3.8, 4) is 0 Å². The number of hydrogen-bond donors (Lipinski definition) is 1. The van der Waals surface area contributed by atoms with Gasteiger partial charge in [-0.3, -0.25) is 0 Å². The second-order valence-corrected chi connectivity index (χ2v) is 5.90. The first kappa shape index (κ1) is 13.6. The Morgan fingerprint density at radius 1 is 1.40 bits per heavy atom. The lowest BCUT2D eigenvalue weighted by Crippen LogP contribution is -2.16. The molecule has 0 fully saturated rings. The molecule has 0 atom stereocenters. The molecule has 3 rings (SSSR count). The molecule has 0 saturated heterocycles. The van der Waals surface area contributed by atoms with Gasteiger partial charge < -0.3 is 5.73 Å². The minimum absolute atomic E-state index is 0.535. The maximum absolute atomic E-state index is 6.07. The Kier molecular flexibility index (Phi) is 3.78. The second kappa shape index (κ2) is 5.55. The van der Waals surface area contributed by atoms with Crippen molar-refractivity contribution in [1.29, 1.82) is 0 Å². The highest BCUT2D eigenvalue weighted by atomic mass is 35.5. The number of nitrogens with zero attached hydrogens (tertiary/aromatic N) is 4. The molecule has 5 nitrogen and oxygen atoms in total. The summed E-state index contributed by atoms with van der Waals surface area (Å²) in [6.45, 7) is 2.53. The highest BCUT2D eigenvalue weighted by Gasteiger charge is 2.19. The topological polar surface area (TPSA) is 69.1 Å². The summed E-state index contributed by atoms with van der Waals surface area (Å²) >= 11 is 7.70. The number of benzene rings is 1. The summed E-state index contributed by atoms with van der Waals surface area (Å²) in [6.07, 6.45) is 0.671. The van der Waals surface area contributed by atoms with E-state index in [1.807, 2.05) is 19.1 Å². The zero-order chi connectivity index (χ0) is 14.1. The smallest absolute Gasteiger partial charge is 0.212 e. The van der Waals surface area contributed by atoms with Crippen LogP contribution in [-0.4, -0.2) is 32.9 Å². The fourth-order valence-corrected chi connectivity index (χ4v) is 2.99. The summed E-state index contributed by atoms with van der Waals surface area (Å²) in [7, 11) is 0. The standard InChI is InChI=1S/C13H14ClN5S/c1-8-6-9(2-3-10(8)14)11-7-20-13-17-16-12(4-5-15)19(13)18-11/h2-3,6H,4-5,7,15H2,1H3. The molecule has 0 aliphatic carbocycles. The fourth-order valence-electron chi connectivity index (χ4n) is 2.02. The van der Waals surface area contributed by atoms with Crippen LogP contribution in [0.25, 0.3) is 0 Å². The molecule has 2 aromatic rings. The summed E-state index contributed by atoms with van der Waals surface area (Å²) in [4.78, 5) is 0. The first-order valence-corrected chi connectivity index (χ1v) is 7.67. The van der Waals surface area contributed by atoms with E-state index in [0.29, 0.717) is 13.0 Å². The first-order valence-electron chi connectivity index (χ1n) is 6.30. The minimum atomic E-state index is 0.535. The lowest BCUT2D eigenvalue weighted by Gasteiger charge is -2.14. The molecule has 0 spiro atoms. The number of aryl methyl sites for hydroxylation is 1. The van der Waals surface area contributed by atoms with Gasteiger partial charge in [-0.25, -0.2) is 0 Å². The van der Waals surface area contributed by atoms with Crippen LogP contribution >= 0.6 is 23.4 Å². The van der Waals surface area contributed by atoms with E-state index in [0.717, 1.165) is 38.6 Å². The van der Waals surface area contributed by atoms with Crippen LogP contribution in [0.3, 0.4) is 0 Å². The molecule has 1 aromatic carbocycles. The van der Waals surface area contributed by atoms with Crippen molar-refractivity contribution in [1.82, 2.24) is 14.9 Å². The van der Waals surface area contributed by atoms with E-state index < -0.39 is 0 Å². The maximum Gasteiger partial charge on any atom is 0.212 e. The number of thioether (sulfide) groups is 1. The van der Waals surface area contributed by atoms with E-state index in [-0.39, 0.29) is 0 Å².